The van der Waals surface area contributed by atoms with Gasteiger partial charge in [0.15, 0.2) is 0 Å². The number of aliphatic hydroxyl groups excluding tert-OH is 1. The third-order valence-corrected chi connectivity index (χ3v) is 2.95. The maximum Gasteiger partial charge on any atom is 0.277 e. The fourth-order valence-corrected chi connectivity index (χ4v) is 1.82. The standard InChI is InChI=1S/C10H11Cl2NO4/c1-4(13-9(15)10(16)17)7-6(14)3-2-5(11)8(7)12/h2-4,10,14,16-17H,1H3,(H,13,15)/t4-/m0/s1. The van der Waals surface area contributed by atoms with Gasteiger partial charge in [-0.15, -0.1) is 0 Å². The first-order valence-electron chi connectivity index (χ1n) is 4.68. The molecule has 0 aromatic heterocycles. The lowest BCUT2D eigenvalue weighted by Gasteiger charge is -2.18. The highest BCUT2D eigenvalue weighted by molar-refractivity contribution is 6.42. The van der Waals surface area contributed by atoms with Gasteiger partial charge in [-0.2, -0.15) is 0 Å². The lowest BCUT2D eigenvalue weighted by molar-refractivity contribution is -0.148. The number of amides is 1. The van der Waals surface area contributed by atoms with Crippen LogP contribution in [0.15, 0.2) is 12.1 Å². The molecule has 94 valence electrons. The molecule has 1 amide bonds. The molecule has 1 aromatic carbocycles. The molecule has 0 bridgehead atoms. The van der Waals surface area contributed by atoms with Crippen LogP contribution in [-0.2, 0) is 4.79 Å². The number of aliphatic hydroxyl groups is 2. The molecule has 4 N–H and O–H groups in total. The number of rotatable bonds is 3. The van der Waals surface area contributed by atoms with E-state index in [-0.39, 0.29) is 21.4 Å². The summed E-state index contributed by atoms with van der Waals surface area (Å²) in [6, 6.07) is 2.04. The molecule has 0 unspecified atom stereocenters. The molecular formula is C10H11Cl2NO4. The summed E-state index contributed by atoms with van der Waals surface area (Å²) in [5, 5.41) is 29.5. The normalized spacial score (nSPS) is 12.6. The molecule has 0 aliphatic heterocycles. The van der Waals surface area contributed by atoms with Gasteiger partial charge in [0.25, 0.3) is 5.91 Å². The number of phenols is 1. The van der Waals surface area contributed by atoms with Gasteiger partial charge >= 0.3 is 0 Å². The number of benzene rings is 1. The van der Waals surface area contributed by atoms with E-state index in [1.54, 1.807) is 0 Å². The van der Waals surface area contributed by atoms with Crippen molar-refractivity contribution in [1.29, 1.82) is 0 Å². The molecular weight excluding hydrogens is 269 g/mol. The molecule has 0 heterocycles. The van der Waals surface area contributed by atoms with Crippen LogP contribution in [0.3, 0.4) is 0 Å². The molecule has 0 radical (unpaired) electrons. The van der Waals surface area contributed by atoms with Crippen molar-refractivity contribution in [3.8, 4) is 5.75 Å². The van der Waals surface area contributed by atoms with E-state index in [4.69, 9.17) is 33.4 Å². The zero-order valence-electron chi connectivity index (χ0n) is 8.82. The van der Waals surface area contributed by atoms with Crippen molar-refractivity contribution in [2.75, 3.05) is 0 Å². The maximum absolute atomic E-state index is 11.1. The monoisotopic (exact) mass is 279 g/mol. The molecule has 1 atom stereocenters. The maximum atomic E-state index is 11.1. The molecule has 0 aliphatic carbocycles. The summed E-state index contributed by atoms with van der Waals surface area (Å²) in [5.41, 5.74) is 0.216. The fourth-order valence-electron chi connectivity index (χ4n) is 1.33. The fraction of sp³-hybridized carbons (Fsp3) is 0.300. The minimum Gasteiger partial charge on any atom is -0.508 e. The molecule has 0 saturated carbocycles. The third-order valence-electron chi connectivity index (χ3n) is 2.14. The zero-order chi connectivity index (χ0) is 13.2. The van der Waals surface area contributed by atoms with Crippen molar-refractivity contribution in [2.45, 2.75) is 19.3 Å². The minimum atomic E-state index is -2.13. The Bertz CT molecular complexity index is 437. The van der Waals surface area contributed by atoms with Crippen LogP contribution < -0.4 is 5.32 Å². The Morgan fingerprint density at radius 1 is 1.35 bits per heavy atom. The van der Waals surface area contributed by atoms with Gasteiger partial charge in [0.1, 0.15) is 5.75 Å². The predicted molar refractivity (Wildman–Crippen MR) is 62.9 cm³/mol. The van der Waals surface area contributed by atoms with Crippen molar-refractivity contribution in [2.24, 2.45) is 0 Å². The SMILES string of the molecule is C[C@H](NC(=O)C(O)O)c1c(O)ccc(Cl)c1Cl. The van der Waals surface area contributed by atoms with Crippen molar-refractivity contribution in [3.63, 3.8) is 0 Å². The van der Waals surface area contributed by atoms with Gasteiger partial charge in [-0.25, -0.2) is 0 Å². The van der Waals surface area contributed by atoms with E-state index in [1.165, 1.54) is 19.1 Å². The Hall–Kier alpha value is -1.01. The molecule has 0 aliphatic rings. The number of carbonyl (C=O) groups is 1. The van der Waals surface area contributed by atoms with Crippen LogP contribution in [0.2, 0.25) is 10.0 Å². The van der Waals surface area contributed by atoms with Crippen molar-refractivity contribution in [1.82, 2.24) is 5.32 Å². The quantitative estimate of drug-likeness (QED) is 0.626. The number of aromatic hydroxyl groups is 1. The lowest BCUT2D eigenvalue weighted by Crippen LogP contribution is -2.36. The minimum absolute atomic E-state index is 0.104. The second-order valence-electron chi connectivity index (χ2n) is 3.40. The molecule has 5 nitrogen and oxygen atoms in total. The van der Waals surface area contributed by atoms with E-state index in [9.17, 15) is 9.90 Å². The van der Waals surface area contributed by atoms with Crippen LogP contribution in [0.1, 0.15) is 18.5 Å². The number of nitrogens with one attached hydrogen (secondary N) is 1. The van der Waals surface area contributed by atoms with Crippen LogP contribution in [0.25, 0.3) is 0 Å². The molecule has 0 saturated heterocycles. The second kappa shape index (κ2) is 5.55. The highest BCUT2D eigenvalue weighted by atomic mass is 35.5. The summed E-state index contributed by atoms with van der Waals surface area (Å²) in [7, 11) is 0. The zero-order valence-corrected chi connectivity index (χ0v) is 10.3. The van der Waals surface area contributed by atoms with Gasteiger partial charge < -0.3 is 20.6 Å². The van der Waals surface area contributed by atoms with Gasteiger partial charge in [0.05, 0.1) is 16.1 Å². The smallest absolute Gasteiger partial charge is 0.277 e. The van der Waals surface area contributed by atoms with Gasteiger partial charge in [-0.3, -0.25) is 4.79 Å². The average Bonchev–Trinajstić information content (AvgIpc) is 2.24. The Balaban J connectivity index is 3.00. The first-order valence-corrected chi connectivity index (χ1v) is 5.43. The highest BCUT2D eigenvalue weighted by Crippen LogP contribution is 2.36. The van der Waals surface area contributed by atoms with Crippen LogP contribution in [0, 0.1) is 0 Å². The van der Waals surface area contributed by atoms with Crippen molar-refractivity contribution >= 4 is 29.1 Å². The van der Waals surface area contributed by atoms with Crippen molar-refractivity contribution in [3.05, 3.63) is 27.7 Å². The third kappa shape index (κ3) is 3.23. The molecule has 0 spiro atoms. The summed E-state index contributed by atoms with van der Waals surface area (Å²) in [6.07, 6.45) is -2.13. The first kappa shape index (κ1) is 14.1. The van der Waals surface area contributed by atoms with Crippen LogP contribution in [0.4, 0.5) is 0 Å². The highest BCUT2D eigenvalue weighted by Gasteiger charge is 2.20. The number of hydrogen-bond donors (Lipinski definition) is 4. The summed E-state index contributed by atoms with van der Waals surface area (Å²) in [5.74, 6) is -1.13. The Morgan fingerprint density at radius 3 is 2.47 bits per heavy atom. The van der Waals surface area contributed by atoms with Crippen LogP contribution >= 0.6 is 23.2 Å². The van der Waals surface area contributed by atoms with E-state index >= 15 is 0 Å². The Kier molecular flexibility index (Phi) is 4.59. The number of hydrogen-bond acceptors (Lipinski definition) is 4. The van der Waals surface area contributed by atoms with Crippen LogP contribution in [0.5, 0.6) is 5.75 Å². The first-order chi connectivity index (χ1) is 7.84. The number of phenolic OH excluding ortho intramolecular Hbond substituents is 1. The van der Waals surface area contributed by atoms with Gasteiger partial charge in [-0.1, -0.05) is 23.2 Å². The molecule has 1 rings (SSSR count). The average molecular weight is 280 g/mol. The van der Waals surface area contributed by atoms with E-state index in [2.05, 4.69) is 5.32 Å². The predicted octanol–water partition coefficient (Wildman–Crippen LogP) is 1.19. The van der Waals surface area contributed by atoms with E-state index < -0.39 is 18.2 Å². The summed E-state index contributed by atoms with van der Waals surface area (Å²) in [4.78, 5) is 11.1. The molecule has 7 heteroatoms. The Morgan fingerprint density at radius 2 is 1.94 bits per heavy atom. The molecule has 0 fully saturated rings. The summed E-state index contributed by atoms with van der Waals surface area (Å²) in [6.45, 7) is 1.53. The van der Waals surface area contributed by atoms with E-state index in [1.807, 2.05) is 0 Å². The van der Waals surface area contributed by atoms with Gasteiger partial charge in [0.2, 0.25) is 6.29 Å². The van der Waals surface area contributed by atoms with Gasteiger partial charge in [-0.05, 0) is 19.1 Å². The number of halogens is 2. The van der Waals surface area contributed by atoms with E-state index in [0.717, 1.165) is 0 Å². The lowest BCUT2D eigenvalue weighted by atomic mass is 10.1. The van der Waals surface area contributed by atoms with E-state index in [0.29, 0.717) is 0 Å². The van der Waals surface area contributed by atoms with Crippen LogP contribution in [-0.4, -0.2) is 27.5 Å². The molecule has 17 heavy (non-hydrogen) atoms. The topological polar surface area (TPSA) is 89.8 Å². The Labute approximate surface area is 108 Å². The molecule has 1 aromatic rings. The van der Waals surface area contributed by atoms with Gasteiger partial charge in [0, 0.05) is 5.56 Å². The number of carbonyl (C=O) groups excluding carboxylic acids is 1. The summed E-state index contributed by atoms with van der Waals surface area (Å²) >= 11 is 11.7. The van der Waals surface area contributed by atoms with Crippen molar-refractivity contribution < 1.29 is 20.1 Å². The summed E-state index contributed by atoms with van der Waals surface area (Å²) < 4.78 is 0. The largest absolute Gasteiger partial charge is 0.508 e. The second-order valence-corrected chi connectivity index (χ2v) is 4.18.